The van der Waals surface area contributed by atoms with Gasteiger partial charge in [-0.25, -0.2) is 0 Å². The summed E-state index contributed by atoms with van der Waals surface area (Å²) in [6, 6.07) is 5.46. The average molecular weight is 318 g/mol. The van der Waals surface area contributed by atoms with Crippen molar-refractivity contribution in [3.05, 3.63) is 28.8 Å². The zero-order chi connectivity index (χ0) is 14.5. The number of aryl methyl sites for hydroxylation is 1. The highest BCUT2D eigenvalue weighted by Crippen LogP contribution is 2.26. The van der Waals surface area contributed by atoms with Crippen molar-refractivity contribution in [3.8, 4) is 0 Å². The van der Waals surface area contributed by atoms with Crippen molar-refractivity contribution >= 4 is 34.8 Å². The molecule has 1 fully saturated rings. The number of ether oxygens (including phenoxy) is 2. The largest absolute Gasteiger partial charge is 0.348 e. The van der Waals surface area contributed by atoms with Crippen molar-refractivity contribution in [3.63, 3.8) is 0 Å². The second-order valence-electron chi connectivity index (χ2n) is 4.44. The number of carbonyl (C=O) groups is 1. The Bertz CT molecular complexity index is 475. The molecule has 1 heterocycles. The summed E-state index contributed by atoms with van der Waals surface area (Å²) in [4.78, 5) is 13.7. The van der Waals surface area contributed by atoms with Gasteiger partial charge in [0, 0.05) is 10.7 Å². The first kappa shape index (κ1) is 15.6. The van der Waals surface area contributed by atoms with E-state index in [1.54, 1.807) is 11.0 Å². The van der Waals surface area contributed by atoms with Crippen molar-refractivity contribution in [2.75, 3.05) is 30.5 Å². The van der Waals surface area contributed by atoms with E-state index in [1.807, 2.05) is 19.1 Å². The highest BCUT2D eigenvalue weighted by Gasteiger charge is 2.25. The number of nitrogens with zero attached hydrogens (tertiary/aromatic N) is 1. The molecule has 0 spiro atoms. The molecule has 0 unspecified atom stereocenters. The lowest BCUT2D eigenvalue weighted by Crippen LogP contribution is -2.39. The molecular weight excluding hydrogens is 301 g/mol. The van der Waals surface area contributed by atoms with Crippen LogP contribution in [0.2, 0.25) is 5.02 Å². The average Bonchev–Trinajstić information content (AvgIpc) is 2.97. The van der Waals surface area contributed by atoms with Gasteiger partial charge in [-0.3, -0.25) is 4.79 Å². The molecule has 1 aromatic rings. The minimum absolute atomic E-state index is 0.0848. The van der Waals surface area contributed by atoms with Crippen LogP contribution in [0.15, 0.2) is 18.2 Å². The molecule has 6 heteroatoms. The van der Waals surface area contributed by atoms with Gasteiger partial charge in [0.15, 0.2) is 6.29 Å². The number of amides is 1. The number of benzene rings is 1. The standard InChI is InChI=1S/C14H17Cl2NO3/c1-2-10-7-11(16)3-4-12(10)17(13(18)8-15)9-14-19-5-6-20-14/h3-4,7,14H,2,5-6,8-9H2,1H3. The van der Waals surface area contributed by atoms with Gasteiger partial charge in [0.2, 0.25) is 5.91 Å². The lowest BCUT2D eigenvalue weighted by Gasteiger charge is -2.26. The first-order chi connectivity index (χ1) is 9.65. The fourth-order valence-electron chi connectivity index (χ4n) is 2.17. The third-order valence-electron chi connectivity index (χ3n) is 3.15. The third-order valence-corrected chi connectivity index (χ3v) is 3.61. The number of halogens is 2. The molecule has 0 aromatic heterocycles. The third kappa shape index (κ3) is 3.64. The number of hydrogen-bond acceptors (Lipinski definition) is 3. The SMILES string of the molecule is CCc1cc(Cl)ccc1N(CC1OCCO1)C(=O)CCl. The molecule has 1 aliphatic rings. The van der Waals surface area contributed by atoms with E-state index in [-0.39, 0.29) is 11.8 Å². The van der Waals surface area contributed by atoms with Crippen LogP contribution < -0.4 is 4.90 Å². The van der Waals surface area contributed by atoms with Crippen LogP contribution >= 0.6 is 23.2 Å². The molecule has 1 aromatic carbocycles. The molecule has 2 rings (SSSR count). The second kappa shape index (κ2) is 7.27. The van der Waals surface area contributed by atoms with Gasteiger partial charge in [-0.2, -0.15) is 0 Å². The molecule has 4 nitrogen and oxygen atoms in total. The van der Waals surface area contributed by atoms with Gasteiger partial charge < -0.3 is 14.4 Å². The Hall–Kier alpha value is -0.810. The maximum atomic E-state index is 12.1. The summed E-state index contributed by atoms with van der Waals surface area (Å²) in [5.41, 5.74) is 1.80. The summed E-state index contributed by atoms with van der Waals surface area (Å²) in [6.07, 6.45) is 0.372. The van der Waals surface area contributed by atoms with Crippen LogP contribution in [0.25, 0.3) is 0 Å². The Labute approximate surface area is 128 Å². The van der Waals surface area contributed by atoms with Gasteiger partial charge >= 0.3 is 0 Å². The molecule has 1 saturated heterocycles. The van der Waals surface area contributed by atoms with Gasteiger partial charge in [0.1, 0.15) is 5.88 Å². The molecule has 0 radical (unpaired) electrons. The smallest absolute Gasteiger partial charge is 0.242 e. The Morgan fingerprint density at radius 3 is 2.70 bits per heavy atom. The molecule has 110 valence electrons. The van der Waals surface area contributed by atoms with Gasteiger partial charge in [0.05, 0.1) is 19.8 Å². The van der Waals surface area contributed by atoms with E-state index in [1.165, 1.54) is 0 Å². The monoisotopic (exact) mass is 317 g/mol. The van der Waals surface area contributed by atoms with Gasteiger partial charge in [0.25, 0.3) is 0 Å². The Balaban J connectivity index is 2.27. The molecule has 0 aliphatic carbocycles. The fraction of sp³-hybridized carbons (Fsp3) is 0.500. The maximum Gasteiger partial charge on any atom is 0.242 e. The van der Waals surface area contributed by atoms with Crippen LogP contribution in [0.3, 0.4) is 0 Å². The van der Waals surface area contributed by atoms with Gasteiger partial charge in [-0.05, 0) is 30.2 Å². The summed E-state index contributed by atoms with van der Waals surface area (Å²) in [5, 5.41) is 0.650. The minimum Gasteiger partial charge on any atom is -0.348 e. The highest BCUT2D eigenvalue weighted by atomic mass is 35.5. The summed E-state index contributed by atoms with van der Waals surface area (Å²) in [5.74, 6) is -0.263. The minimum atomic E-state index is -0.400. The number of anilines is 1. The number of hydrogen-bond donors (Lipinski definition) is 0. The summed E-state index contributed by atoms with van der Waals surface area (Å²) in [6.45, 7) is 3.45. The second-order valence-corrected chi connectivity index (χ2v) is 5.14. The van der Waals surface area contributed by atoms with Crippen LogP contribution in [-0.4, -0.2) is 37.8 Å². The van der Waals surface area contributed by atoms with E-state index >= 15 is 0 Å². The van der Waals surface area contributed by atoms with Crippen molar-refractivity contribution in [2.24, 2.45) is 0 Å². The predicted octanol–water partition coefficient (Wildman–Crippen LogP) is 2.85. The van der Waals surface area contributed by atoms with E-state index in [9.17, 15) is 4.79 Å². The molecule has 0 bridgehead atoms. The predicted molar refractivity (Wildman–Crippen MR) is 79.6 cm³/mol. The van der Waals surface area contributed by atoms with Gasteiger partial charge in [-0.15, -0.1) is 11.6 Å². The highest BCUT2D eigenvalue weighted by molar-refractivity contribution is 6.31. The van der Waals surface area contributed by atoms with E-state index in [0.29, 0.717) is 24.8 Å². The van der Waals surface area contributed by atoms with E-state index in [2.05, 4.69) is 0 Å². The Kier molecular flexibility index (Phi) is 5.66. The van der Waals surface area contributed by atoms with Crippen LogP contribution in [-0.2, 0) is 20.7 Å². The number of rotatable bonds is 5. The van der Waals surface area contributed by atoms with E-state index in [4.69, 9.17) is 32.7 Å². The fourth-order valence-corrected chi connectivity index (χ4v) is 2.51. The maximum absolute atomic E-state index is 12.1. The van der Waals surface area contributed by atoms with Crippen LogP contribution in [0.4, 0.5) is 5.69 Å². The Morgan fingerprint density at radius 1 is 1.40 bits per heavy atom. The normalized spacial score (nSPS) is 15.6. The van der Waals surface area contributed by atoms with Crippen molar-refractivity contribution in [1.29, 1.82) is 0 Å². The molecule has 0 saturated carbocycles. The summed E-state index contributed by atoms with van der Waals surface area (Å²) < 4.78 is 10.8. The van der Waals surface area contributed by atoms with Crippen LogP contribution in [0.1, 0.15) is 12.5 Å². The lowest BCUT2D eigenvalue weighted by atomic mass is 10.1. The summed E-state index contributed by atoms with van der Waals surface area (Å²) >= 11 is 11.7. The first-order valence-corrected chi connectivity index (χ1v) is 7.45. The molecule has 1 amide bonds. The summed E-state index contributed by atoms with van der Waals surface area (Å²) in [7, 11) is 0. The zero-order valence-electron chi connectivity index (χ0n) is 11.3. The lowest BCUT2D eigenvalue weighted by molar-refractivity contribution is -0.117. The molecule has 1 aliphatic heterocycles. The zero-order valence-corrected chi connectivity index (χ0v) is 12.8. The molecule has 0 N–H and O–H groups in total. The topological polar surface area (TPSA) is 38.8 Å². The number of alkyl halides is 1. The van der Waals surface area contributed by atoms with E-state index < -0.39 is 6.29 Å². The molecular formula is C14H17Cl2NO3. The molecule has 0 atom stereocenters. The quantitative estimate of drug-likeness (QED) is 0.784. The molecule has 20 heavy (non-hydrogen) atoms. The van der Waals surface area contributed by atoms with Crippen LogP contribution in [0.5, 0.6) is 0 Å². The van der Waals surface area contributed by atoms with Crippen molar-refractivity contribution < 1.29 is 14.3 Å². The van der Waals surface area contributed by atoms with E-state index in [0.717, 1.165) is 17.7 Å². The number of carbonyl (C=O) groups excluding carboxylic acids is 1. The Morgan fingerprint density at radius 2 is 2.10 bits per heavy atom. The van der Waals surface area contributed by atoms with Crippen molar-refractivity contribution in [2.45, 2.75) is 19.6 Å². The van der Waals surface area contributed by atoms with Gasteiger partial charge in [-0.1, -0.05) is 18.5 Å². The van der Waals surface area contributed by atoms with Crippen molar-refractivity contribution in [1.82, 2.24) is 0 Å². The van der Waals surface area contributed by atoms with Crippen LogP contribution in [0, 0.1) is 0 Å². The first-order valence-electron chi connectivity index (χ1n) is 6.53.